The third kappa shape index (κ3) is 3.34. The van der Waals surface area contributed by atoms with Crippen LogP contribution in [-0.4, -0.2) is 15.6 Å². The van der Waals surface area contributed by atoms with Crippen molar-refractivity contribution in [1.29, 1.82) is 0 Å². The first-order valence-corrected chi connectivity index (χ1v) is 4.46. The molecule has 0 saturated heterocycles. The Balaban J connectivity index is 3.94. The second kappa shape index (κ2) is 4.71. The molecule has 10 heavy (non-hydrogen) atoms. The predicted octanol–water partition coefficient (Wildman–Crippen LogP) is 3.58. The van der Waals surface area contributed by atoms with Gasteiger partial charge in [-0.2, -0.15) is 0 Å². The SMILES string of the molecule is C=CCC(Cl)(Cl)C(Cl)CCl. The topological polar surface area (TPSA) is 0 Å². The van der Waals surface area contributed by atoms with Gasteiger partial charge in [0.25, 0.3) is 0 Å². The number of alkyl halides is 4. The fourth-order valence-corrected chi connectivity index (χ4v) is 1.32. The Bertz CT molecular complexity index is 110. The molecule has 0 aromatic rings. The number of allylic oxidation sites excluding steroid dienone is 1. The lowest BCUT2D eigenvalue weighted by Gasteiger charge is -2.21. The summed E-state index contributed by atoms with van der Waals surface area (Å²) in [5, 5.41) is -0.435. The zero-order valence-corrected chi connectivity index (χ0v) is 8.31. The summed E-state index contributed by atoms with van der Waals surface area (Å²) in [7, 11) is 0. The van der Waals surface area contributed by atoms with Gasteiger partial charge in [-0.05, 0) is 6.42 Å². The van der Waals surface area contributed by atoms with Gasteiger partial charge in [0.15, 0.2) is 0 Å². The molecular weight excluding hydrogens is 214 g/mol. The van der Waals surface area contributed by atoms with Crippen molar-refractivity contribution in [3.63, 3.8) is 0 Å². The van der Waals surface area contributed by atoms with Crippen LogP contribution in [0, 0.1) is 0 Å². The van der Waals surface area contributed by atoms with E-state index in [1.54, 1.807) is 6.08 Å². The summed E-state index contributed by atoms with van der Waals surface area (Å²) in [6.07, 6.45) is 2.05. The van der Waals surface area contributed by atoms with E-state index >= 15 is 0 Å². The van der Waals surface area contributed by atoms with Gasteiger partial charge in [0, 0.05) is 5.88 Å². The molecule has 0 aromatic carbocycles. The van der Waals surface area contributed by atoms with E-state index in [9.17, 15) is 0 Å². The minimum atomic E-state index is -0.981. The van der Waals surface area contributed by atoms with Gasteiger partial charge in [-0.1, -0.05) is 29.3 Å². The zero-order valence-electron chi connectivity index (χ0n) is 5.29. The molecule has 0 heterocycles. The lowest BCUT2D eigenvalue weighted by molar-refractivity contribution is 0.768. The Kier molecular flexibility index (Phi) is 5.14. The Morgan fingerprint density at radius 3 is 2.30 bits per heavy atom. The van der Waals surface area contributed by atoms with Crippen LogP contribution in [0.1, 0.15) is 6.42 Å². The first-order chi connectivity index (χ1) is 4.54. The van der Waals surface area contributed by atoms with Crippen LogP contribution in [0.3, 0.4) is 0 Å². The van der Waals surface area contributed by atoms with Gasteiger partial charge in [0.1, 0.15) is 4.33 Å². The summed E-state index contributed by atoms with van der Waals surface area (Å²) < 4.78 is -0.981. The van der Waals surface area contributed by atoms with E-state index in [1.807, 2.05) is 0 Å². The van der Waals surface area contributed by atoms with Crippen LogP contribution in [0.5, 0.6) is 0 Å². The molecule has 0 aliphatic rings. The summed E-state index contributed by atoms with van der Waals surface area (Å²) in [6.45, 7) is 3.49. The highest BCUT2D eigenvalue weighted by Crippen LogP contribution is 2.33. The maximum atomic E-state index is 5.76. The van der Waals surface area contributed by atoms with E-state index < -0.39 is 9.71 Å². The molecule has 1 unspecified atom stereocenters. The summed E-state index contributed by atoms with van der Waals surface area (Å²) in [5.74, 6) is 0.238. The van der Waals surface area contributed by atoms with Crippen molar-refractivity contribution in [3.05, 3.63) is 12.7 Å². The molecule has 0 amide bonds. The minimum absolute atomic E-state index is 0.238. The van der Waals surface area contributed by atoms with Crippen molar-refractivity contribution in [2.45, 2.75) is 16.1 Å². The molecule has 0 aliphatic heterocycles. The molecule has 0 aliphatic carbocycles. The van der Waals surface area contributed by atoms with E-state index in [4.69, 9.17) is 46.4 Å². The number of halogens is 4. The molecule has 4 heteroatoms. The van der Waals surface area contributed by atoms with Crippen molar-refractivity contribution in [2.75, 3.05) is 5.88 Å². The molecule has 0 spiro atoms. The minimum Gasteiger partial charge on any atom is -0.125 e. The van der Waals surface area contributed by atoms with E-state index in [2.05, 4.69) is 6.58 Å². The monoisotopic (exact) mass is 220 g/mol. The average Bonchev–Trinajstić information content (AvgIpc) is 1.86. The van der Waals surface area contributed by atoms with E-state index in [0.29, 0.717) is 6.42 Å². The normalized spacial score (nSPS) is 14.8. The molecular formula is C6H8Cl4. The lowest BCUT2D eigenvalue weighted by Crippen LogP contribution is -2.27. The van der Waals surface area contributed by atoms with Crippen LogP contribution >= 0.6 is 46.4 Å². The summed E-state index contributed by atoms with van der Waals surface area (Å²) in [5.41, 5.74) is 0. The standard InChI is InChI=1S/C6H8Cl4/c1-2-3-6(9,10)5(8)4-7/h2,5H,1,3-4H2. The summed E-state index contributed by atoms with van der Waals surface area (Å²) >= 11 is 22.7. The van der Waals surface area contributed by atoms with Gasteiger partial charge in [0.2, 0.25) is 0 Å². The average molecular weight is 222 g/mol. The lowest BCUT2D eigenvalue weighted by atomic mass is 10.2. The van der Waals surface area contributed by atoms with Crippen molar-refractivity contribution in [1.82, 2.24) is 0 Å². The largest absolute Gasteiger partial charge is 0.139 e. The maximum Gasteiger partial charge on any atom is 0.139 e. The van der Waals surface area contributed by atoms with Crippen LogP contribution in [0.15, 0.2) is 12.7 Å². The maximum absolute atomic E-state index is 5.76. The first kappa shape index (κ1) is 10.9. The molecule has 0 rings (SSSR count). The predicted molar refractivity (Wildman–Crippen MR) is 49.6 cm³/mol. The highest BCUT2D eigenvalue weighted by Gasteiger charge is 2.31. The Hall–Kier alpha value is 0.900. The fourth-order valence-electron chi connectivity index (χ4n) is 0.433. The number of hydrogen-bond acceptors (Lipinski definition) is 0. The highest BCUT2D eigenvalue weighted by atomic mass is 35.5. The van der Waals surface area contributed by atoms with E-state index in [-0.39, 0.29) is 5.88 Å². The van der Waals surface area contributed by atoms with E-state index in [0.717, 1.165) is 0 Å². The third-order valence-electron chi connectivity index (χ3n) is 1.01. The van der Waals surface area contributed by atoms with Gasteiger partial charge in [-0.25, -0.2) is 0 Å². The second-order valence-corrected chi connectivity index (χ2v) is 4.25. The smallest absolute Gasteiger partial charge is 0.125 e. The van der Waals surface area contributed by atoms with Gasteiger partial charge in [-0.3, -0.25) is 0 Å². The van der Waals surface area contributed by atoms with Crippen LogP contribution in [0.2, 0.25) is 0 Å². The third-order valence-corrected chi connectivity index (χ3v) is 3.06. The van der Waals surface area contributed by atoms with E-state index in [1.165, 1.54) is 0 Å². The first-order valence-electron chi connectivity index (χ1n) is 2.73. The number of hydrogen-bond donors (Lipinski definition) is 0. The molecule has 0 nitrogen and oxygen atoms in total. The van der Waals surface area contributed by atoms with Crippen LogP contribution in [-0.2, 0) is 0 Å². The van der Waals surface area contributed by atoms with Crippen molar-refractivity contribution in [2.24, 2.45) is 0 Å². The molecule has 0 radical (unpaired) electrons. The number of rotatable bonds is 4. The van der Waals surface area contributed by atoms with Crippen molar-refractivity contribution in [3.8, 4) is 0 Å². The molecule has 0 aromatic heterocycles. The Morgan fingerprint density at radius 2 is 2.00 bits per heavy atom. The van der Waals surface area contributed by atoms with Gasteiger partial charge >= 0.3 is 0 Å². The van der Waals surface area contributed by atoms with Gasteiger partial charge in [-0.15, -0.1) is 29.8 Å². The molecule has 0 fully saturated rings. The Labute approximate surface area is 81.1 Å². The van der Waals surface area contributed by atoms with Gasteiger partial charge < -0.3 is 0 Å². The molecule has 0 N–H and O–H groups in total. The molecule has 60 valence electrons. The molecule has 0 bridgehead atoms. The Morgan fingerprint density at radius 1 is 1.50 bits per heavy atom. The van der Waals surface area contributed by atoms with Crippen LogP contribution in [0.4, 0.5) is 0 Å². The van der Waals surface area contributed by atoms with Crippen LogP contribution in [0.25, 0.3) is 0 Å². The summed E-state index contributed by atoms with van der Waals surface area (Å²) in [6, 6.07) is 0. The fraction of sp³-hybridized carbons (Fsp3) is 0.667. The van der Waals surface area contributed by atoms with Gasteiger partial charge in [0.05, 0.1) is 5.38 Å². The molecule has 0 saturated carbocycles. The quantitative estimate of drug-likeness (QED) is 0.503. The second-order valence-electron chi connectivity index (χ2n) is 1.88. The molecule has 1 atom stereocenters. The van der Waals surface area contributed by atoms with Crippen molar-refractivity contribution >= 4 is 46.4 Å². The summed E-state index contributed by atoms with van der Waals surface area (Å²) in [4.78, 5) is 0. The zero-order chi connectivity index (χ0) is 8.20. The highest BCUT2D eigenvalue weighted by molar-refractivity contribution is 6.53. The van der Waals surface area contributed by atoms with Crippen LogP contribution < -0.4 is 0 Å². The van der Waals surface area contributed by atoms with Crippen molar-refractivity contribution < 1.29 is 0 Å².